The van der Waals surface area contributed by atoms with E-state index >= 15 is 0 Å². The molecule has 0 saturated heterocycles. The van der Waals surface area contributed by atoms with Gasteiger partial charge in [-0.1, -0.05) is 24.6 Å². The minimum absolute atomic E-state index is 0.0483. The molecule has 2 heterocycles. The van der Waals surface area contributed by atoms with Crippen molar-refractivity contribution in [1.29, 1.82) is 0 Å². The van der Waals surface area contributed by atoms with Crippen LogP contribution in [0, 0.1) is 0 Å². The largest absolute Gasteiger partial charge is 0.493 e. The number of hydrogen-bond acceptors (Lipinski definition) is 6. The number of aromatic nitrogens is 2. The molecule has 1 aliphatic rings. The van der Waals surface area contributed by atoms with Crippen LogP contribution in [0.25, 0.3) is 5.69 Å². The highest BCUT2D eigenvalue weighted by Gasteiger charge is 2.19. The quantitative estimate of drug-likeness (QED) is 0.609. The van der Waals surface area contributed by atoms with E-state index in [4.69, 9.17) is 21.1 Å². The summed E-state index contributed by atoms with van der Waals surface area (Å²) in [7, 11) is 0. The van der Waals surface area contributed by atoms with E-state index < -0.39 is 17.1 Å². The van der Waals surface area contributed by atoms with Crippen LogP contribution in [-0.4, -0.2) is 27.2 Å². The van der Waals surface area contributed by atoms with Crippen LogP contribution in [0.4, 0.5) is 0 Å². The molecular weight excluding hydrogens is 410 g/mol. The van der Waals surface area contributed by atoms with Gasteiger partial charge in [0.1, 0.15) is 5.56 Å². The van der Waals surface area contributed by atoms with E-state index in [0.717, 1.165) is 10.1 Å². The van der Waals surface area contributed by atoms with Gasteiger partial charge in [-0.3, -0.25) is 14.8 Å². The van der Waals surface area contributed by atoms with E-state index in [1.807, 2.05) is 19.1 Å². The second-order valence-corrected chi connectivity index (χ2v) is 7.01. The molecule has 0 unspecified atom stereocenters. The van der Waals surface area contributed by atoms with E-state index in [9.17, 15) is 14.7 Å². The van der Waals surface area contributed by atoms with Crippen molar-refractivity contribution in [2.24, 2.45) is 4.99 Å². The van der Waals surface area contributed by atoms with Crippen LogP contribution < -0.4 is 20.7 Å². The molecule has 0 atom stereocenters. The molecule has 3 aromatic rings. The van der Waals surface area contributed by atoms with Gasteiger partial charge in [0.2, 0.25) is 12.7 Å². The number of ether oxygens (including phenoxy) is 2. The van der Waals surface area contributed by atoms with Gasteiger partial charge in [-0.15, -0.1) is 0 Å². The van der Waals surface area contributed by atoms with Crippen molar-refractivity contribution in [3.63, 3.8) is 0 Å². The number of nitrogens with one attached hydrogen (secondary N) is 1. The summed E-state index contributed by atoms with van der Waals surface area (Å²) in [5.41, 5.74) is 0.0866. The summed E-state index contributed by atoms with van der Waals surface area (Å²) in [4.78, 5) is 31.6. The fourth-order valence-corrected chi connectivity index (χ4v) is 3.33. The minimum atomic E-state index is -0.755. The third-order valence-electron chi connectivity index (χ3n) is 4.68. The highest BCUT2D eigenvalue weighted by Crippen LogP contribution is 2.32. The average Bonchev–Trinajstić information content (AvgIpc) is 3.19. The molecule has 0 spiro atoms. The van der Waals surface area contributed by atoms with Crippen LogP contribution >= 0.6 is 11.6 Å². The molecule has 0 bridgehead atoms. The number of aliphatic imine (C=N–C) groups is 1. The van der Waals surface area contributed by atoms with Gasteiger partial charge < -0.3 is 14.6 Å². The molecule has 1 aromatic heterocycles. The minimum Gasteiger partial charge on any atom is -0.493 e. The summed E-state index contributed by atoms with van der Waals surface area (Å²) in [6, 6.07) is 11.8. The maximum atomic E-state index is 12.5. The van der Waals surface area contributed by atoms with Gasteiger partial charge in [-0.2, -0.15) is 0 Å². The molecule has 30 heavy (non-hydrogen) atoms. The maximum absolute atomic E-state index is 12.5. The Morgan fingerprint density at radius 2 is 1.90 bits per heavy atom. The number of aromatic amines is 1. The van der Waals surface area contributed by atoms with Crippen molar-refractivity contribution in [1.82, 2.24) is 9.55 Å². The van der Waals surface area contributed by atoms with Crippen LogP contribution in [0.2, 0.25) is 5.02 Å². The average molecular weight is 428 g/mol. The fraction of sp³-hybridized carbons (Fsp3) is 0.190. The lowest BCUT2D eigenvalue weighted by atomic mass is 10.1. The summed E-state index contributed by atoms with van der Waals surface area (Å²) < 4.78 is 11.7. The summed E-state index contributed by atoms with van der Waals surface area (Å²) in [6.45, 7) is 2.26. The predicted molar refractivity (Wildman–Crippen MR) is 112 cm³/mol. The summed E-state index contributed by atoms with van der Waals surface area (Å²) in [6.07, 6.45) is 0.375. The van der Waals surface area contributed by atoms with E-state index in [2.05, 4.69) is 9.98 Å². The van der Waals surface area contributed by atoms with Gasteiger partial charge in [-0.25, -0.2) is 9.36 Å². The first-order chi connectivity index (χ1) is 14.5. The monoisotopic (exact) mass is 427 g/mol. The second kappa shape index (κ2) is 8.08. The van der Waals surface area contributed by atoms with Gasteiger partial charge in [-0.05, 0) is 48.4 Å². The number of aromatic hydroxyl groups is 1. The molecule has 4 rings (SSSR count). The molecule has 1 aliphatic heterocycles. The lowest BCUT2D eigenvalue weighted by Gasteiger charge is -2.12. The van der Waals surface area contributed by atoms with Gasteiger partial charge in [0.25, 0.3) is 5.56 Å². The van der Waals surface area contributed by atoms with Crippen LogP contribution in [0.15, 0.2) is 57.0 Å². The zero-order valence-corrected chi connectivity index (χ0v) is 16.8. The number of H-pyrrole nitrogens is 1. The topological polar surface area (TPSA) is 106 Å². The molecule has 2 N–H and O–H groups in total. The lowest BCUT2D eigenvalue weighted by molar-refractivity contribution is 0.174. The number of hydrogen-bond donors (Lipinski definition) is 2. The van der Waals surface area contributed by atoms with Gasteiger partial charge >= 0.3 is 5.69 Å². The Morgan fingerprint density at radius 3 is 2.63 bits per heavy atom. The highest BCUT2D eigenvalue weighted by atomic mass is 35.5. The third-order valence-corrected chi connectivity index (χ3v) is 4.94. The second-order valence-electron chi connectivity index (χ2n) is 6.57. The smallest absolute Gasteiger partial charge is 0.335 e. The zero-order chi connectivity index (χ0) is 21.3. The molecule has 154 valence electrons. The van der Waals surface area contributed by atoms with Crippen LogP contribution in [0.1, 0.15) is 24.5 Å². The molecule has 0 saturated carbocycles. The molecule has 8 nitrogen and oxygen atoms in total. The first-order valence-corrected chi connectivity index (χ1v) is 9.62. The zero-order valence-electron chi connectivity index (χ0n) is 16.0. The molecule has 0 radical (unpaired) electrons. The maximum Gasteiger partial charge on any atom is 0.335 e. The number of benzene rings is 2. The molecular formula is C21H18ClN3O5. The standard InChI is InChI=1S/C21H18ClN3O5/c1-2-15(23-10-12-3-8-16-17(9-12)30-11-29-16)18-19(26)24-21(28)25(20(18)27)14-6-4-13(22)5-7-14/h3-9,27H,2,10-11H2,1H3,(H,24,26,28). The lowest BCUT2D eigenvalue weighted by Crippen LogP contribution is -2.33. The van der Waals surface area contributed by atoms with Crippen molar-refractivity contribution in [3.05, 3.63) is 79.5 Å². The Hall–Kier alpha value is -3.52. The van der Waals surface area contributed by atoms with E-state index in [1.165, 1.54) is 0 Å². The molecule has 0 amide bonds. The molecule has 9 heteroatoms. The SMILES string of the molecule is CCC(=NCc1ccc2c(c1)OCO2)c1c(O)n(-c2ccc(Cl)cc2)c(=O)[nH]c1=O. The Labute approximate surface area is 176 Å². The fourth-order valence-electron chi connectivity index (χ4n) is 3.21. The van der Waals surface area contributed by atoms with E-state index in [1.54, 1.807) is 30.3 Å². The van der Waals surface area contributed by atoms with Crippen molar-refractivity contribution in [2.75, 3.05) is 6.79 Å². The van der Waals surface area contributed by atoms with E-state index in [0.29, 0.717) is 34.3 Å². The van der Waals surface area contributed by atoms with E-state index in [-0.39, 0.29) is 18.9 Å². The van der Waals surface area contributed by atoms with Crippen LogP contribution in [0.3, 0.4) is 0 Å². The van der Waals surface area contributed by atoms with Crippen molar-refractivity contribution >= 4 is 17.3 Å². The summed E-state index contributed by atoms with van der Waals surface area (Å²) in [5, 5.41) is 11.3. The summed E-state index contributed by atoms with van der Waals surface area (Å²) in [5.74, 6) is 0.831. The van der Waals surface area contributed by atoms with Gasteiger partial charge in [0.05, 0.1) is 17.9 Å². The number of halogens is 1. The Bertz CT molecular complexity index is 1240. The van der Waals surface area contributed by atoms with Crippen molar-refractivity contribution < 1.29 is 14.6 Å². The molecule has 2 aromatic carbocycles. The Balaban J connectivity index is 1.74. The van der Waals surface area contributed by atoms with Crippen LogP contribution in [0.5, 0.6) is 17.4 Å². The van der Waals surface area contributed by atoms with Gasteiger partial charge in [0.15, 0.2) is 11.5 Å². The van der Waals surface area contributed by atoms with Crippen LogP contribution in [-0.2, 0) is 6.54 Å². The number of nitrogens with zero attached hydrogens (tertiary/aromatic N) is 2. The van der Waals surface area contributed by atoms with Crippen molar-refractivity contribution in [2.45, 2.75) is 19.9 Å². The van der Waals surface area contributed by atoms with Gasteiger partial charge in [0, 0.05) is 5.02 Å². The normalized spacial score (nSPS) is 12.9. The predicted octanol–water partition coefficient (Wildman–Crippen LogP) is 3.01. The van der Waals surface area contributed by atoms with Crippen molar-refractivity contribution in [3.8, 4) is 23.1 Å². The molecule has 0 fully saturated rings. The Morgan fingerprint density at radius 1 is 1.17 bits per heavy atom. The first-order valence-electron chi connectivity index (χ1n) is 9.24. The number of rotatable bonds is 5. The molecule has 0 aliphatic carbocycles. The summed E-state index contributed by atoms with van der Waals surface area (Å²) >= 11 is 5.90. The number of fused-ring (bicyclic) bond motifs is 1. The first kappa shape index (κ1) is 19.8. The third kappa shape index (κ3) is 3.69. The highest BCUT2D eigenvalue weighted by molar-refractivity contribution is 6.30. The Kier molecular flexibility index (Phi) is 5.33.